The van der Waals surface area contributed by atoms with Crippen LogP contribution in [0.5, 0.6) is 0 Å². The van der Waals surface area contributed by atoms with E-state index in [-0.39, 0.29) is 0 Å². The Morgan fingerprint density at radius 1 is 1.46 bits per heavy atom. The van der Waals surface area contributed by atoms with Crippen molar-refractivity contribution in [2.24, 2.45) is 7.05 Å². The Hall–Kier alpha value is -1.22. The van der Waals surface area contributed by atoms with E-state index in [9.17, 15) is 0 Å². The van der Waals surface area contributed by atoms with Gasteiger partial charge in [-0.3, -0.25) is 4.68 Å². The Morgan fingerprint density at radius 3 is 2.85 bits per heavy atom. The predicted molar refractivity (Wildman–Crippen MR) is 54.9 cm³/mol. The highest BCUT2D eigenvalue weighted by molar-refractivity contribution is 6.37. The minimum Gasteiger partial charge on any atom is -0.397 e. The molecule has 3 nitrogen and oxygen atoms in total. The monoisotopic (exact) mass is 195 g/mol. The first kappa shape index (κ1) is 8.38. The van der Waals surface area contributed by atoms with Gasteiger partial charge < -0.3 is 5.73 Å². The third-order valence-electron chi connectivity index (χ3n) is 2.16. The number of nitrogens with two attached hydrogens (primary N) is 1. The molecule has 0 atom stereocenters. The summed E-state index contributed by atoms with van der Waals surface area (Å²) in [7, 11) is 1.86. The van der Waals surface area contributed by atoms with Gasteiger partial charge in [-0.05, 0) is 19.1 Å². The second-order valence-electron chi connectivity index (χ2n) is 3.07. The van der Waals surface area contributed by atoms with Crippen LogP contribution < -0.4 is 5.73 Å². The molecule has 0 aliphatic rings. The van der Waals surface area contributed by atoms with Crippen molar-refractivity contribution >= 4 is 28.2 Å². The van der Waals surface area contributed by atoms with Crippen molar-refractivity contribution in [3.05, 3.63) is 22.8 Å². The van der Waals surface area contributed by atoms with Gasteiger partial charge in [-0.15, -0.1) is 0 Å². The maximum atomic E-state index is 6.06. The van der Waals surface area contributed by atoms with Crippen LogP contribution in [-0.4, -0.2) is 9.78 Å². The molecule has 1 aromatic carbocycles. The molecule has 13 heavy (non-hydrogen) atoms. The Balaban J connectivity index is 2.98. The van der Waals surface area contributed by atoms with E-state index < -0.39 is 0 Å². The van der Waals surface area contributed by atoms with Crippen molar-refractivity contribution in [3.63, 3.8) is 0 Å². The average Bonchev–Trinajstić information content (AvgIpc) is 2.35. The molecule has 0 radical (unpaired) electrons. The lowest BCUT2D eigenvalue weighted by atomic mass is 10.2. The van der Waals surface area contributed by atoms with Gasteiger partial charge in [0.05, 0.1) is 21.9 Å². The summed E-state index contributed by atoms with van der Waals surface area (Å²) >= 11 is 6.06. The molecule has 0 fully saturated rings. The number of halogens is 1. The van der Waals surface area contributed by atoms with Gasteiger partial charge in [0, 0.05) is 12.4 Å². The van der Waals surface area contributed by atoms with Gasteiger partial charge in [0.15, 0.2) is 0 Å². The summed E-state index contributed by atoms with van der Waals surface area (Å²) < 4.78 is 1.75. The van der Waals surface area contributed by atoms with Crippen LogP contribution in [0.15, 0.2) is 12.1 Å². The number of aromatic nitrogens is 2. The normalized spacial score (nSPS) is 11.0. The topological polar surface area (TPSA) is 43.8 Å². The summed E-state index contributed by atoms with van der Waals surface area (Å²) in [6.07, 6.45) is 0. The number of rotatable bonds is 0. The van der Waals surface area contributed by atoms with Crippen LogP contribution in [0.1, 0.15) is 5.69 Å². The van der Waals surface area contributed by atoms with E-state index in [1.165, 1.54) is 0 Å². The molecule has 0 aliphatic heterocycles. The van der Waals surface area contributed by atoms with E-state index in [0.717, 1.165) is 16.6 Å². The lowest BCUT2D eigenvalue weighted by molar-refractivity contribution is 0.783. The van der Waals surface area contributed by atoms with Gasteiger partial charge in [0.1, 0.15) is 0 Å². The zero-order valence-corrected chi connectivity index (χ0v) is 8.26. The summed E-state index contributed by atoms with van der Waals surface area (Å²) in [4.78, 5) is 0. The summed E-state index contributed by atoms with van der Waals surface area (Å²) in [6.45, 7) is 1.95. The molecule has 0 unspecified atom stereocenters. The van der Waals surface area contributed by atoms with E-state index in [1.807, 2.05) is 20.0 Å². The molecule has 0 spiro atoms. The molecule has 2 aromatic rings. The van der Waals surface area contributed by atoms with Crippen LogP contribution >= 0.6 is 11.6 Å². The zero-order chi connectivity index (χ0) is 9.59. The van der Waals surface area contributed by atoms with E-state index >= 15 is 0 Å². The number of anilines is 1. The molecule has 1 heterocycles. The van der Waals surface area contributed by atoms with Gasteiger partial charge in [-0.25, -0.2) is 0 Å². The highest BCUT2D eigenvalue weighted by Crippen LogP contribution is 2.29. The van der Waals surface area contributed by atoms with Crippen molar-refractivity contribution in [3.8, 4) is 0 Å². The van der Waals surface area contributed by atoms with Gasteiger partial charge in [0.25, 0.3) is 0 Å². The number of hydrogen-bond donors (Lipinski definition) is 1. The Bertz CT molecular complexity index is 473. The molecule has 68 valence electrons. The Morgan fingerprint density at radius 2 is 2.15 bits per heavy atom. The number of hydrogen-bond acceptors (Lipinski definition) is 2. The number of benzene rings is 1. The highest BCUT2D eigenvalue weighted by Gasteiger charge is 2.09. The summed E-state index contributed by atoms with van der Waals surface area (Å²) in [5, 5.41) is 5.91. The average molecular weight is 196 g/mol. The van der Waals surface area contributed by atoms with E-state index in [0.29, 0.717) is 10.7 Å². The summed E-state index contributed by atoms with van der Waals surface area (Å²) in [6, 6.07) is 3.75. The molecule has 2 N–H and O–H groups in total. The van der Waals surface area contributed by atoms with Crippen molar-refractivity contribution in [1.29, 1.82) is 0 Å². The molecule has 4 heteroatoms. The molecule has 0 saturated heterocycles. The molecule has 0 bridgehead atoms. The molecule has 1 aromatic heterocycles. The minimum atomic E-state index is 0.584. The fourth-order valence-electron chi connectivity index (χ4n) is 1.52. The first-order chi connectivity index (χ1) is 6.11. The number of aryl methyl sites for hydroxylation is 2. The van der Waals surface area contributed by atoms with Crippen molar-refractivity contribution < 1.29 is 0 Å². The van der Waals surface area contributed by atoms with Crippen molar-refractivity contribution in [2.75, 3.05) is 5.73 Å². The predicted octanol–water partition coefficient (Wildman–Crippen LogP) is 2.12. The lowest BCUT2D eigenvalue weighted by Crippen LogP contribution is -1.92. The van der Waals surface area contributed by atoms with Gasteiger partial charge in [-0.2, -0.15) is 5.10 Å². The lowest BCUT2D eigenvalue weighted by Gasteiger charge is -2.00. The van der Waals surface area contributed by atoms with Crippen LogP contribution in [0.4, 0.5) is 5.69 Å². The number of nitrogens with zero attached hydrogens (tertiary/aromatic N) is 2. The van der Waals surface area contributed by atoms with E-state index in [4.69, 9.17) is 17.3 Å². The van der Waals surface area contributed by atoms with Gasteiger partial charge in [0.2, 0.25) is 0 Å². The summed E-state index contributed by atoms with van der Waals surface area (Å²) in [5.74, 6) is 0. The number of nitrogen functional groups attached to an aromatic ring is 1. The van der Waals surface area contributed by atoms with Gasteiger partial charge >= 0.3 is 0 Å². The Labute approximate surface area is 81.1 Å². The van der Waals surface area contributed by atoms with Crippen molar-refractivity contribution in [1.82, 2.24) is 9.78 Å². The fourth-order valence-corrected chi connectivity index (χ4v) is 1.80. The second kappa shape index (κ2) is 2.64. The van der Waals surface area contributed by atoms with E-state index in [1.54, 1.807) is 10.7 Å². The smallest absolute Gasteiger partial charge is 0.0894 e. The number of fused-ring (bicyclic) bond motifs is 1. The first-order valence-electron chi connectivity index (χ1n) is 3.98. The van der Waals surface area contributed by atoms with E-state index in [2.05, 4.69) is 5.10 Å². The van der Waals surface area contributed by atoms with Crippen molar-refractivity contribution in [2.45, 2.75) is 6.92 Å². The first-order valence-corrected chi connectivity index (χ1v) is 4.36. The Kier molecular flexibility index (Phi) is 1.70. The second-order valence-corrected chi connectivity index (χ2v) is 3.45. The van der Waals surface area contributed by atoms with Crippen LogP contribution in [0.2, 0.25) is 5.02 Å². The summed E-state index contributed by atoms with van der Waals surface area (Å²) in [5.41, 5.74) is 8.16. The third kappa shape index (κ3) is 1.08. The zero-order valence-electron chi connectivity index (χ0n) is 7.50. The maximum Gasteiger partial charge on any atom is 0.0894 e. The molecule has 2 rings (SSSR count). The SMILES string of the molecule is Cc1nn(C)c2c(Cl)c(N)ccc12. The molecule has 0 amide bonds. The van der Waals surface area contributed by atoms with Crippen LogP contribution in [0.3, 0.4) is 0 Å². The molecular formula is C9H10ClN3. The molecule has 0 saturated carbocycles. The largest absolute Gasteiger partial charge is 0.397 e. The highest BCUT2D eigenvalue weighted by atomic mass is 35.5. The third-order valence-corrected chi connectivity index (χ3v) is 2.56. The van der Waals surface area contributed by atoms with Crippen LogP contribution in [-0.2, 0) is 7.05 Å². The van der Waals surface area contributed by atoms with Gasteiger partial charge in [-0.1, -0.05) is 11.6 Å². The standard InChI is InChI=1S/C9H10ClN3/c1-5-6-3-4-7(11)8(10)9(6)13(2)12-5/h3-4H,11H2,1-2H3. The molecule has 0 aliphatic carbocycles. The van der Waals surface area contributed by atoms with Crippen LogP contribution in [0.25, 0.3) is 10.9 Å². The van der Waals surface area contributed by atoms with Crippen LogP contribution in [0, 0.1) is 6.92 Å². The maximum absolute atomic E-state index is 6.06. The fraction of sp³-hybridized carbons (Fsp3) is 0.222. The minimum absolute atomic E-state index is 0.584. The molecular weight excluding hydrogens is 186 g/mol. The quantitative estimate of drug-likeness (QED) is 0.655.